The molecule has 0 bridgehead atoms. The van der Waals surface area contributed by atoms with E-state index < -0.39 is 17.7 Å². The molecule has 1 aliphatic carbocycles. The zero-order valence-corrected chi connectivity index (χ0v) is 19.7. The van der Waals surface area contributed by atoms with Gasteiger partial charge in [-0.25, -0.2) is 19.6 Å². The maximum absolute atomic E-state index is 12.4. The number of hydrogen-bond donors (Lipinski definition) is 4. The Labute approximate surface area is 193 Å². The summed E-state index contributed by atoms with van der Waals surface area (Å²) in [7, 11) is 2.82. The SMILES string of the molecule is CN/C=C(\C=N)c1nc(NC2CCCCC2NC(=O)OC(C)(C)C)nc(C=O)c1C(=O)OC. The van der Waals surface area contributed by atoms with Crippen LogP contribution >= 0.6 is 0 Å². The van der Waals surface area contributed by atoms with Gasteiger partial charge in [0.1, 0.15) is 16.9 Å². The number of ether oxygens (including phenoxy) is 2. The summed E-state index contributed by atoms with van der Waals surface area (Å²) in [4.78, 5) is 45.1. The fourth-order valence-corrected chi connectivity index (χ4v) is 3.58. The second-order valence-electron chi connectivity index (χ2n) is 8.59. The summed E-state index contributed by atoms with van der Waals surface area (Å²) >= 11 is 0. The number of rotatable bonds is 8. The Bertz CT molecular complexity index is 925. The number of anilines is 1. The van der Waals surface area contributed by atoms with Crippen molar-refractivity contribution in [2.45, 2.75) is 64.1 Å². The summed E-state index contributed by atoms with van der Waals surface area (Å²) in [5.74, 6) is -0.684. The van der Waals surface area contributed by atoms with Gasteiger partial charge >= 0.3 is 12.1 Å². The number of carbonyl (C=O) groups is 3. The Hall–Kier alpha value is -3.50. The van der Waals surface area contributed by atoms with Gasteiger partial charge < -0.3 is 30.8 Å². The first kappa shape index (κ1) is 25.8. The third kappa shape index (κ3) is 6.99. The Kier molecular flexibility index (Phi) is 8.89. The second-order valence-corrected chi connectivity index (χ2v) is 8.59. The van der Waals surface area contributed by atoms with Crippen LogP contribution in [0.4, 0.5) is 10.7 Å². The van der Waals surface area contributed by atoms with Crippen LogP contribution in [0.25, 0.3) is 5.57 Å². The fraction of sp³-hybridized carbons (Fsp3) is 0.545. The zero-order chi connectivity index (χ0) is 24.6. The van der Waals surface area contributed by atoms with Gasteiger partial charge in [-0.3, -0.25) is 4.79 Å². The van der Waals surface area contributed by atoms with E-state index in [9.17, 15) is 14.4 Å². The van der Waals surface area contributed by atoms with Crippen molar-refractivity contribution in [1.29, 1.82) is 5.41 Å². The van der Waals surface area contributed by atoms with Gasteiger partial charge in [0.25, 0.3) is 0 Å². The van der Waals surface area contributed by atoms with Crippen LogP contribution in [0.2, 0.25) is 0 Å². The number of alkyl carbamates (subject to hydrolysis) is 1. The van der Waals surface area contributed by atoms with Crippen LogP contribution in [0.1, 0.15) is 73.0 Å². The number of aromatic nitrogens is 2. The van der Waals surface area contributed by atoms with E-state index in [2.05, 4.69) is 25.9 Å². The van der Waals surface area contributed by atoms with E-state index in [1.807, 2.05) is 0 Å². The zero-order valence-electron chi connectivity index (χ0n) is 19.7. The molecule has 1 saturated carbocycles. The number of nitrogens with zero attached hydrogens (tertiary/aromatic N) is 2. The fourth-order valence-electron chi connectivity index (χ4n) is 3.58. The van der Waals surface area contributed by atoms with Crippen molar-refractivity contribution in [2.24, 2.45) is 0 Å². The Morgan fingerprint density at radius 2 is 1.82 bits per heavy atom. The minimum Gasteiger partial charge on any atom is -0.465 e. The lowest BCUT2D eigenvalue weighted by atomic mass is 9.90. The Morgan fingerprint density at radius 1 is 1.15 bits per heavy atom. The lowest BCUT2D eigenvalue weighted by Crippen LogP contribution is -2.50. The molecular weight excluding hydrogens is 428 g/mol. The van der Waals surface area contributed by atoms with E-state index in [0.29, 0.717) is 6.29 Å². The molecule has 0 aromatic carbocycles. The second kappa shape index (κ2) is 11.4. The van der Waals surface area contributed by atoms with Crippen LogP contribution in [0, 0.1) is 5.41 Å². The molecule has 11 heteroatoms. The van der Waals surface area contributed by atoms with E-state index in [0.717, 1.165) is 31.9 Å². The highest BCUT2D eigenvalue weighted by Crippen LogP contribution is 2.25. The number of nitrogens with one attached hydrogen (secondary N) is 4. The van der Waals surface area contributed by atoms with Crippen LogP contribution in [-0.2, 0) is 9.47 Å². The summed E-state index contributed by atoms with van der Waals surface area (Å²) in [6.07, 6.45) is 5.76. The van der Waals surface area contributed by atoms with E-state index in [-0.39, 0.29) is 40.6 Å². The average Bonchev–Trinajstić information content (AvgIpc) is 2.76. The molecule has 1 aromatic rings. The van der Waals surface area contributed by atoms with Gasteiger partial charge in [0.05, 0.1) is 18.8 Å². The van der Waals surface area contributed by atoms with Crippen molar-refractivity contribution in [3.63, 3.8) is 0 Å². The average molecular weight is 461 g/mol. The molecule has 11 nitrogen and oxygen atoms in total. The predicted molar refractivity (Wildman–Crippen MR) is 124 cm³/mol. The van der Waals surface area contributed by atoms with Crippen molar-refractivity contribution in [1.82, 2.24) is 20.6 Å². The van der Waals surface area contributed by atoms with Gasteiger partial charge in [0, 0.05) is 31.1 Å². The quantitative estimate of drug-likeness (QED) is 0.260. The molecule has 2 atom stereocenters. The minimum atomic E-state index is -0.787. The predicted octanol–water partition coefficient (Wildman–Crippen LogP) is 2.53. The highest BCUT2D eigenvalue weighted by atomic mass is 16.6. The van der Waals surface area contributed by atoms with Crippen LogP contribution in [0.5, 0.6) is 0 Å². The number of aldehydes is 1. The van der Waals surface area contributed by atoms with Gasteiger partial charge in [0.2, 0.25) is 5.95 Å². The van der Waals surface area contributed by atoms with Gasteiger partial charge in [-0.2, -0.15) is 0 Å². The van der Waals surface area contributed by atoms with Gasteiger partial charge in [0.15, 0.2) is 6.29 Å². The van der Waals surface area contributed by atoms with Gasteiger partial charge in [-0.1, -0.05) is 12.8 Å². The first-order valence-electron chi connectivity index (χ1n) is 10.7. The standard InChI is InChI=1S/C22H32N6O5/c1-22(2,3)33-21(31)27-15-9-7-6-8-14(15)25-20-26-16(12-29)17(19(30)32-5)18(28-20)13(10-23)11-24-4/h10-12,14-15,23-24H,6-9H2,1-5H3,(H,27,31)(H,25,26,28)/b13-11+,23-10?. The molecule has 0 aliphatic heterocycles. The monoisotopic (exact) mass is 460 g/mol. The van der Waals surface area contributed by atoms with Crippen LogP contribution in [-0.4, -0.2) is 66.4 Å². The Balaban J connectivity index is 2.41. The maximum Gasteiger partial charge on any atom is 0.407 e. The van der Waals surface area contributed by atoms with E-state index in [4.69, 9.17) is 14.9 Å². The van der Waals surface area contributed by atoms with Crippen LogP contribution in [0.3, 0.4) is 0 Å². The number of allylic oxidation sites excluding steroid dienone is 1. The normalized spacial score (nSPS) is 18.6. The highest BCUT2D eigenvalue weighted by Gasteiger charge is 2.30. The summed E-state index contributed by atoms with van der Waals surface area (Å²) < 4.78 is 10.2. The first-order chi connectivity index (χ1) is 15.6. The van der Waals surface area contributed by atoms with E-state index in [1.165, 1.54) is 13.3 Å². The number of esters is 1. The topological polar surface area (TPSA) is 155 Å². The number of carbonyl (C=O) groups excluding carboxylic acids is 3. The van der Waals surface area contributed by atoms with Crippen LogP contribution in [0.15, 0.2) is 6.20 Å². The third-order valence-electron chi connectivity index (χ3n) is 4.95. The molecule has 1 fully saturated rings. The molecule has 33 heavy (non-hydrogen) atoms. The molecule has 2 unspecified atom stereocenters. The molecular formula is C22H32N6O5. The molecule has 1 aliphatic rings. The Morgan fingerprint density at radius 3 is 2.36 bits per heavy atom. The van der Waals surface area contributed by atoms with Crippen molar-refractivity contribution < 1.29 is 23.9 Å². The third-order valence-corrected chi connectivity index (χ3v) is 4.95. The molecule has 0 spiro atoms. The molecule has 1 heterocycles. The van der Waals surface area contributed by atoms with Gasteiger partial charge in [-0.15, -0.1) is 0 Å². The molecule has 1 aromatic heterocycles. The van der Waals surface area contributed by atoms with E-state index >= 15 is 0 Å². The lowest BCUT2D eigenvalue weighted by molar-refractivity contribution is 0.0487. The number of amides is 1. The van der Waals surface area contributed by atoms with Gasteiger partial charge in [-0.05, 0) is 33.6 Å². The summed E-state index contributed by atoms with van der Waals surface area (Å²) in [6.45, 7) is 5.38. The lowest BCUT2D eigenvalue weighted by Gasteiger charge is -2.33. The van der Waals surface area contributed by atoms with Crippen molar-refractivity contribution in [2.75, 3.05) is 19.5 Å². The van der Waals surface area contributed by atoms with Crippen molar-refractivity contribution >= 4 is 36.1 Å². The van der Waals surface area contributed by atoms with E-state index in [1.54, 1.807) is 27.8 Å². The minimum absolute atomic E-state index is 0.0817. The number of hydrogen-bond acceptors (Lipinski definition) is 10. The summed E-state index contributed by atoms with van der Waals surface area (Å²) in [5, 5.41) is 16.6. The maximum atomic E-state index is 12.4. The smallest absolute Gasteiger partial charge is 0.407 e. The summed E-state index contributed by atoms with van der Waals surface area (Å²) in [6, 6.07) is -0.463. The summed E-state index contributed by atoms with van der Waals surface area (Å²) in [5.41, 5.74) is -0.567. The first-order valence-corrected chi connectivity index (χ1v) is 10.7. The van der Waals surface area contributed by atoms with Crippen molar-refractivity contribution in [3.8, 4) is 0 Å². The molecule has 0 saturated heterocycles. The molecule has 4 N–H and O–H groups in total. The molecule has 1 amide bonds. The highest BCUT2D eigenvalue weighted by molar-refractivity contribution is 6.13. The number of methoxy groups -OCH3 is 1. The molecule has 180 valence electrons. The largest absolute Gasteiger partial charge is 0.465 e. The molecule has 2 rings (SSSR count). The van der Waals surface area contributed by atoms with Crippen molar-refractivity contribution in [3.05, 3.63) is 23.2 Å². The van der Waals surface area contributed by atoms with Crippen LogP contribution < -0.4 is 16.0 Å². The molecule has 0 radical (unpaired) electrons.